The number of aromatic nitrogens is 3. The van der Waals surface area contributed by atoms with E-state index in [2.05, 4.69) is 10.1 Å². The van der Waals surface area contributed by atoms with Crippen molar-refractivity contribution in [3.05, 3.63) is 65.7 Å². The second-order valence-corrected chi connectivity index (χ2v) is 9.72. The average Bonchev–Trinajstić information content (AvgIpc) is 3.50. The number of thioether (sulfide) groups is 1. The normalized spacial score (nSPS) is 14.1. The Balaban J connectivity index is 0.000000221. The summed E-state index contributed by atoms with van der Waals surface area (Å²) >= 11 is 1.49. The van der Waals surface area contributed by atoms with E-state index in [1.165, 1.54) is 44.7 Å². The van der Waals surface area contributed by atoms with Gasteiger partial charge in [-0.05, 0) is 24.3 Å². The van der Waals surface area contributed by atoms with E-state index in [9.17, 15) is 27.2 Å². The van der Waals surface area contributed by atoms with Gasteiger partial charge in [-0.15, -0.1) is 16.9 Å². The zero-order valence-corrected chi connectivity index (χ0v) is 21.7. The SMILES string of the molecule is CCCSc1cc(N2CCC(F)(F)C2)c(F)cc1N(C)C=O.NC(=O)c1ncn(Cc2ccccc2F)n1. The van der Waals surface area contributed by atoms with E-state index in [0.717, 1.165) is 17.1 Å². The van der Waals surface area contributed by atoms with Crippen LogP contribution in [-0.4, -0.2) is 58.9 Å². The molecule has 8 nitrogen and oxygen atoms in total. The molecule has 0 radical (unpaired) electrons. The van der Waals surface area contributed by atoms with Gasteiger partial charge in [-0.2, -0.15) is 0 Å². The van der Waals surface area contributed by atoms with Gasteiger partial charge in [0, 0.05) is 36.5 Å². The smallest absolute Gasteiger partial charge is 0.288 e. The number of hydrogen-bond donors (Lipinski definition) is 1. The van der Waals surface area contributed by atoms with Crippen LogP contribution in [0.4, 0.5) is 28.9 Å². The van der Waals surface area contributed by atoms with Crippen LogP contribution in [0.5, 0.6) is 0 Å². The summed E-state index contributed by atoms with van der Waals surface area (Å²) < 4.78 is 55.7. The fourth-order valence-corrected chi connectivity index (χ4v) is 4.63. The maximum absolute atomic E-state index is 14.3. The van der Waals surface area contributed by atoms with Crippen LogP contribution in [-0.2, 0) is 11.3 Å². The van der Waals surface area contributed by atoms with Crippen molar-refractivity contribution in [2.45, 2.75) is 37.1 Å². The van der Waals surface area contributed by atoms with Crippen molar-refractivity contribution >= 4 is 35.5 Å². The number of anilines is 2. The molecule has 13 heteroatoms. The highest BCUT2D eigenvalue weighted by Crippen LogP contribution is 2.38. The lowest BCUT2D eigenvalue weighted by Crippen LogP contribution is -2.26. The van der Waals surface area contributed by atoms with Gasteiger partial charge in [-0.3, -0.25) is 9.59 Å². The van der Waals surface area contributed by atoms with E-state index >= 15 is 0 Å². The first-order valence-corrected chi connectivity index (χ1v) is 12.7. The number of alkyl halides is 2. The summed E-state index contributed by atoms with van der Waals surface area (Å²) in [7, 11) is 1.54. The number of hydrogen-bond acceptors (Lipinski definition) is 6. The molecule has 0 saturated carbocycles. The van der Waals surface area contributed by atoms with Crippen LogP contribution in [0.1, 0.15) is 35.9 Å². The molecule has 1 aliphatic heterocycles. The minimum absolute atomic E-state index is 0.0728. The minimum Gasteiger partial charge on any atom is -0.363 e. The molecule has 2 N–H and O–H groups in total. The molecule has 2 aromatic carbocycles. The monoisotopic (exact) mass is 552 g/mol. The quantitative estimate of drug-likeness (QED) is 0.241. The van der Waals surface area contributed by atoms with Crippen LogP contribution in [0, 0.1) is 11.6 Å². The third kappa shape index (κ3) is 7.46. The van der Waals surface area contributed by atoms with Crippen molar-refractivity contribution in [1.29, 1.82) is 0 Å². The predicted molar refractivity (Wildman–Crippen MR) is 138 cm³/mol. The molecule has 0 aliphatic carbocycles. The van der Waals surface area contributed by atoms with Crippen molar-refractivity contribution in [1.82, 2.24) is 14.8 Å². The first-order valence-electron chi connectivity index (χ1n) is 11.7. The van der Waals surface area contributed by atoms with Crippen molar-refractivity contribution in [3.8, 4) is 0 Å². The number of nitrogens with zero attached hydrogens (tertiary/aromatic N) is 5. The number of benzene rings is 2. The van der Waals surface area contributed by atoms with E-state index in [-0.39, 0.29) is 36.8 Å². The Bertz CT molecular complexity index is 1270. The molecule has 0 atom stereocenters. The van der Waals surface area contributed by atoms with E-state index in [1.54, 1.807) is 31.3 Å². The Morgan fingerprint density at radius 1 is 1.24 bits per heavy atom. The zero-order valence-electron chi connectivity index (χ0n) is 20.9. The number of carbonyl (C=O) groups is 2. The minimum atomic E-state index is -2.78. The predicted octanol–water partition coefficient (Wildman–Crippen LogP) is 4.33. The van der Waals surface area contributed by atoms with Gasteiger partial charge in [-0.25, -0.2) is 27.2 Å². The third-order valence-electron chi connectivity index (χ3n) is 5.59. The topological polar surface area (TPSA) is 97.4 Å². The van der Waals surface area contributed by atoms with Gasteiger partial charge in [-0.1, -0.05) is 25.1 Å². The van der Waals surface area contributed by atoms with Gasteiger partial charge in [0.15, 0.2) is 0 Å². The van der Waals surface area contributed by atoms with Crippen molar-refractivity contribution in [2.75, 3.05) is 35.7 Å². The Labute approximate surface area is 221 Å². The van der Waals surface area contributed by atoms with Crippen LogP contribution in [0.2, 0.25) is 0 Å². The molecule has 2 heterocycles. The number of nitrogens with two attached hydrogens (primary N) is 1. The zero-order chi connectivity index (χ0) is 27.9. The highest BCUT2D eigenvalue weighted by Gasteiger charge is 2.39. The van der Waals surface area contributed by atoms with Crippen LogP contribution in [0.3, 0.4) is 0 Å². The molecular weight excluding hydrogens is 524 g/mol. The van der Waals surface area contributed by atoms with Crippen molar-refractivity contribution < 1.29 is 27.2 Å². The first kappa shape index (κ1) is 29.0. The molecule has 3 aromatic rings. The maximum Gasteiger partial charge on any atom is 0.288 e. The maximum atomic E-state index is 14.3. The lowest BCUT2D eigenvalue weighted by Gasteiger charge is -2.23. The number of rotatable bonds is 9. The fourth-order valence-electron chi connectivity index (χ4n) is 3.66. The standard InChI is InChI=1S/C15H19F3N2OS.C10H9FN4O/c1-3-6-22-14-8-12(20-5-4-15(17,18)9-20)11(16)7-13(14)19(2)10-21;11-8-4-2-1-3-7(8)5-15-6-13-10(14-15)9(12)16/h7-8,10H,3-6,9H2,1-2H3;1-4,6H,5H2,(H2,12,16). The Morgan fingerprint density at radius 2 is 1.97 bits per heavy atom. The molecule has 0 spiro atoms. The Hall–Kier alpha value is -3.61. The van der Waals surface area contributed by atoms with E-state index in [1.807, 2.05) is 6.92 Å². The molecule has 2 amide bonds. The molecule has 1 saturated heterocycles. The summed E-state index contributed by atoms with van der Waals surface area (Å²) in [5, 5.41) is 3.81. The second kappa shape index (κ2) is 12.8. The van der Waals surface area contributed by atoms with Crippen molar-refractivity contribution in [2.24, 2.45) is 5.73 Å². The molecule has 4 rings (SSSR count). The van der Waals surface area contributed by atoms with E-state index < -0.39 is 24.2 Å². The van der Waals surface area contributed by atoms with Crippen LogP contribution >= 0.6 is 11.8 Å². The summed E-state index contributed by atoms with van der Waals surface area (Å²) in [6.45, 7) is 1.89. The van der Waals surface area contributed by atoms with Gasteiger partial charge in [0.1, 0.15) is 18.0 Å². The Morgan fingerprint density at radius 3 is 2.55 bits per heavy atom. The summed E-state index contributed by atoms with van der Waals surface area (Å²) in [6, 6.07) is 9.16. The van der Waals surface area contributed by atoms with Gasteiger partial charge >= 0.3 is 0 Å². The average molecular weight is 553 g/mol. The summed E-state index contributed by atoms with van der Waals surface area (Å²) in [6.07, 6.45) is 2.60. The highest BCUT2D eigenvalue weighted by atomic mass is 32.2. The van der Waals surface area contributed by atoms with Crippen molar-refractivity contribution in [3.63, 3.8) is 0 Å². The highest BCUT2D eigenvalue weighted by molar-refractivity contribution is 7.99. The lowest BCUT2D eigenvalue weighted by molar-refractivity contribution is -0.107. The van der Waals surface area contributed by atoms with Crippen LogP contribution < -0.4 is 15.5 Å². The molecule has 38 heavy (non-hydrogen) atoms. The number of halogens is 4. The fraction of sp³-hybridized carbons (Fsp3) is 0.360. The number of primary amides is 1. The molecular formula is C25H28F4N6O2S. The van der Waals surface area contributed by atoms with Crippen LogP contribution in [0.15, 0.2) is 47.6 Å². The largest absolute Gasteiger partial charge is 0.363 e. The van der Waals surface area contributed by atoms with Gasteiger partial charge in [0.25, 0.3) is 11.8 Å². The molecule has 1 aliphatic rings. The second-order valence-electron chi connectivity index (χ2n) is 8.59. The molecule has 0 bridgehead atoms. The summed E-state index contributed by atoms with van der Waals surface area (Å²) in [4.78, 5) is 28.8. The third-order valence-corrected chi connectivity index (χ3v) is 6.84. The van der Waals surface area contributed by atoms with E-state index in [0.29, 0.717) is 17.7 Å². The van der Waals surface area contributed by atoms with E-state index in [4.69, 9.17) is 5.73 Å². The molecule has 1 fully saturated rings. The number of carbonyl (C=O) groups excluding carboxylic acids is 2. The molecule has 0 unspecified atom stereocenters. The van der Waals surface area contributed by atoms with Crippen LogP contribution in [0.25, 0.3) is 0 Å². The Kier molecular flexibility index (Phi) is 9.72. The van der Waals surface area contributed by atoms with Gasteiger partial charge < -0.3 is 15.5 Å². The summed E-state index contributed by atoms with van der Waals surface area (Å²) in [5.74, 6) is -3.65. The molecule has 1 aromatic heterocycles. The molecule has 204 valence electrons. The van der Waals surface area contributed by atoms with Gasteiger partial charge in [0.2, 0.25) is 12.2 Å². The first-order chi connectivity index (χ1) is 18.0. The number of amides is 2. The summed E-state index contributed by atoms with van der Waals surface area (Å²) in [5.41, 5.74) is 6.11. The lowest BCUT2D eigenvalue weighted by atomic mass is 10.2. The van der Waals surface area contributed by atoms with Gasteiger partial charge in [0.05, 0.1) is 24.5 Å².